The highest BCUT2D eigenvalue weighted by atomic mass is 35.5. The van der Waals surface area contributed by atoms with E-state index in [1.54, 1.807) is 18.3 Å². The minimum Gasteiger partial charge on any atom is -0.331 e. The molecule has 4 nitrogen and oxygen atoms in total. The zero-order valence-corrected chi connectivity index (χ0v) is 9.94. The van der Waals surface area contributed by atoms with Crippen LogP contribution in [0.5, 0.6) is 0 Å². The predicted octanol–water partition coefficient (Wildman–Crippen LogP) is 1.96. The number of carbonyl (C=O) groups excluding carboxylic acids is 1. The van der Waals surface area contributed by atoms with Crippen LogP contribution in [0.4, 0.5) is 5.69 Å². The van der Waals surface area contributed by atoms with Crippen molar-refractivity contribution >= 4 is 40.5 Å². The van der Waals surface area contributed by atoms with Gasteiger partial charge in [-0.25, -0.2) is 4.98 Å². The molecule has 1 fully saturated rings. The molecule has 1 saturated carbocycles. The van der Waals surface area contributed by atoms with E-state index < -0.39 is 0 Å². The van der Waals surface area contributed by atoms with Crippen LogP contribution in [0.2, 0.25) is 5.15 Å². The number of hydrogen-bond donors (Lipinski definition) is 2. The fourth-order valence-electron chi connectivity index (χ4n) is 1.17. The molecule has 1 heterocycles. The van der Waals surface area contributed by atoms with Crippen LogP contribution in [0.1, 0.15) is 12.8 Å². The van der Waals surface area contributed by atoms with E-state index in [1.165, 1.54) is 0 Å². The normalized spacial score (nSPS) is 14.3. The zero-order valence-electron chi connectivity index (χ0n) is 8.37. The number of nitrogens with zero attached hydrogens (tertiary/aromatic N) is 1. The molecule has 0 atom stereocenters. The monoisotopic (exact) mass is 255 g/mol. The topological polar surface area (TPSA) is 54.0 Å². The van der Waals surface area contributed by atoms with Gasteiger partial charge in [-0.15, -0.1) is 0 Å². The Morgan fingerprint density at radius 1 is 1.50 bits per heavy atom. The van der Waals surface area contributed by atoms with Crippen LogP contribution < -0.4 is 10.6 Å². The Labute approximate surface area is 103 Å². The number of nitrogens with one attached hydrogen (secondary N) is 2. The Hall–Kier alpha value is -1.20. The van der Waals surface area contributed by atoms with Gasteiger partial charge in [0, 0.05) is 5.92 Å². The fourth-order valence-corrected chi connectivity index (χ4v) is 1.50. The van der Waals surface area contributed by atoms with Crippen molar-refractivity contribution in [3.05, 3.63) is 23.5 Å². The van der Waals surface area contributed by atoms with Crippen LogP contribution in [0.25, 0.3) is 0 Å². The molecule has 2 N–H and O–H groups in total. The summed E-state index contributed by atoms with van der Waals surface area (Å²) in [7, 11) is 0. The minimum atomic E-state index is -0.0144. The summed E-state index contributed by atoms with van der Waals surface area (Å²) in [5, 5.41) is 6.19. The van der Waals surface area contributed by atoms with Crippen molar-refractivity contribution in [1.29, 1.82) is 0 Å². The van der Waals surface area contributed by atoms with Gasteiger partial charge in [-0.2, -0.15) is 0 Å². The van der Waals surface area contributed by atoms with Crippen LogP contribution in [0, 0.1) is 5.92 Å². The van der Waals surface area contributed by atoms with Gasteiger partial charge in [-0.3, -0.25) is 4.79 Å². The van der Waals surface area contributed by atoms with Gasteiger partial charge in [0.25, 0.3) is 0 Å². The molecule has 1 aromatic heterocycles. The second-order valence-corrected chi connectivity index (χ2v) is 4.38. The molecule has 1 aromatic rings. The van der Waals surface area contributed by atoms with Gasteiger partial charge < -0.3 is 10.6 Å². The quantitative estimate of drug-likeness (QED) is 0.627. The van der Waals surface area contributed by atoms with Crippen molar-refractivity contribution in [1.82, 2.24) is 10.3 Å². The number of hydrogen-bond acceptors (Lipinski definition) is 3. The van der Waals surface area contributed by atoms with Crippen LogP contribution in [-0.4, -0.2) is 16.0 Å². The Kier molecular flexibility index (Phi) is 3.36. The highest BCUT2D eigenvalue weighted by molar-refractivity contribution is 7.80. The Bertz CT molecular complexity index is 417. The lowest BCUT2D eigenvalue weighted by Crippen LogP contribution is -2.35. The first-order chi connectivity index (χ1) is 7.65. The number of thiocarbonyl (C=S) groups is 1. The molecule has 0 aliphatic heterocycles. The van der Waals surface area contributed by atoms with Gasteiger partial charge >= 0.3 is 0 Å². The summed E-state index contributed by atoms with van der Waals surface area (Å²) in [6.07, 6.45) is 3.46. The number of amides is 1. The number of pyridine rings is 1. The zero-order chi connectivity index (χ0) is 11.5. The number of aromatic nitrogens is 1. The second kappa shape index (κ2) is 4.76. The van der Waals surface area contributed by atoms with Crippen molar-refractivity contribution in [2.45, 2.75) is 12.8 Å². The smallest absolute Gasteiger partial charge is 0.229 e. The Morgan fingerprint density at radius 2 is 2.25 bits per heavy atom. The number of rotatable bonds is 2. The van der Waals surface area contributed by atoms with Gasteiger partial charge in [0.05, 0.1) is 11.9 Å². The number of anilines is 1. The fraction of sp³-hybridized carbons (Fsp3) is 0.300. The summed E-state index contributed by atoms with van der Waals surface area (Å²) < 4.78 is 0. The summed E-state index contributed by atoms with van der Waals surface area (Å²) in [5.41, 5.74) is 0.700. The molecule has 0 unspecified atom stereocenters. The molecular formula is C10H10ClN3OS. The first kappa shape index (κ1) is 11.3. The molecule has 16 heavy (non-hydrogen) atoms. The summed E-state index contributed by atoms with van der Waals surface area (Å²) in [5.74, 6) is 0.127. The number of halogens is 1. The SMILES string of the molecule is O=C(NC(=S)Nc1ccc(Cl)nc1)C1CC1. The van der Waals surface area contributed by atoms with E-state index in [2.05, 4.69) is 15.6 Å². The lowest BCUT2D eigenvalue weighted by molar-refractivity contribution is -0.120. The van der Waals surface area contributed by atoms with E-state index in [9.17, 15) is 4.79 Å². The van der Waals surface area contributed by atoms with E-state index in [-0.39, 0.29) is 11.8 Å². The van der Waals surface area contributed by atoms with E-state index in [4.69, 9.17) is 23.8 Å². The average molecular weight is 256 g/mol. The molecule has 0 saturated heterocycles. The van der Waals surface area contributed by atoms with Crippen molar-refractivity contribution in [2.75, 3.05) is 5.32 Å². The van der Waals surface area contributed by atoms with Crippen LogP contribution in [0.3, 0.4) is 0 Å². The molecule has 0 spiro atoms. The van der Waals surface area contributed by atoms with Gasteiger partial charge in [-0.1, -0.05) is 11.6 Å². The van der Waals surface area contributed by atoms with Crippen molar-refractivity contribution in [3.63, 3.8) is 0 Å². The summed E-state index contributed by atoms with van der Waals surface area (Å²) in [6.45, 7) is 0. The minimum absolute atomic E-state index is 0.0144. The van der Waals surface area contributed by atoms with Crippen LogP contribution in [0.15, 0.2) is 18.3 Å². The molecule has 6 heteroatoms. The molecule has 0 aromatic carbocycles. The number of carbonyl (C=O) groups is 1. The second-order valence-electron chi connectivity index (χ2n) is 3.59. The Morgan fingerprint density at radius 3 is 2.81 bits per heavy atom. The largest absolute Gasteiger partial charge is 0.331 e. The average Bonchev–Trinajstić information content (AvgIpc) is 3.04. The van der Waals surface area contributed by atoms with Gasteiger partial charge in [0.1, 0.15) is 5.15 Å². The van der Waals surface area contributed by atoms with E-state index >= 15 is 0 Å². The van der Waals surface area contributed by atoms with Crippen molar-refractivity contribution < 1.29 is 4.79 Å². The van der Waals surface area contributed by atoms with Gasteiger partial charge in [0.2, 0.25) is 5.91 Å². The van der Waals surface area contributed by atoms with Crippen molar-refractivity contribution in [2.24, 2.45) is 5.92 Å². The molecule has 2 rings (SSSR count). The van der Waals surface area contributed by atoms with Gasteiger partial charge in [-0.05, 0) is 37.2 Å². The van der Waals surface area contributed by atoms with Crippen molar-refractivity contribution in [3.8, 4) is 0 Å². The lowest BCUT2D eigenvalue weighted by atomic mass is 10.4. The summed E-state index contributed by atoms with van der Waals surface area (Å²) in [6, 6.07) is 3.39. The maximum atomic E-state index is 11.4. The Balaban J connectivity index is 1.86. The molecule has 0 radical (unpaired) electrons. The highest BCUT2D eigenvalue weighted by Gasteiger charge is 2.29. The summed E-state index contributed by atoms with van der Waals surface area (Å²) >= 11 is 10.6. The van der Waals surface area contributed by atoms with Crippen LogP contribution in [-0.2, 0) is 4.79 Å². The molecular weight excluding hydrogens is 246 g/mol. The molecule has 1 aliphatic rings. The first-order valence-corrected chi connectivity index (χ1v) is 5.67. The lowest BCUT2D eigenvalue weighted by Gasteiger charge is -2.08. The van der Waals surface area contributed by atoms with Gasteiger partial charge in [0.15, 0.2) is 5.11 Å². The highest BCUT2D eigenvalue weighted by Crippen LogP contribution is 2.28. The van der Waals surface area contributed by atoms with Crippen LogP contribution >= 0.6 is 23.8 Å². The summed E-state index contributed by atoms with van der Waals surface area (Å²) in [4.78, 5) is 15.3. The van der Waals surface area contributed by atoms with E-state index in [0.717, 1.165) is 12.8 Å². The predicted molar refractivity (Wildman–Crippen MR) is 66.3 cm³/mol. The standard InChI is InChI=1S/C10H10ClN3OS/c11-8-4-3-7(5-12-8)13-10(16)14-9(15)6-1-2-6/h3-6H,1-2H2,(H2,13,14,15,16). The third-order valence-electron chi connectivity index (χ3n) is 2.17. The maximum Gasteiger partial charge on any atom is 0.229 e. The molecule has 1 aliphatic carbocycles. The van der Waals surface area contributed by atoms with E-state index in [1.807, 2.05) is 0 Å². The third kappa shape index (κ3) is 3.15. The van der Waals surface area contributed by atoms with E-state index in [0.29, 0.717) is 16.0 Å². The third-order valence-corrected chi connectivity index (χ3v) is 2.60. The molecule has 0 bridgehead atoms. The maximum absolute atomic E-state index is 11.4. The first-order valence-electron chi connectivity index (χ1n) is 4.88. The molecule has 84 valence electrons. The molecule has 1 amide bonds.